The van der Waals surface area contributed by atoms with Gasteiger partial charge in [-0.25, -0.2) is 0 Å². The van der Waals surface area contributed by atoms with E-state index in [0.29, 0.717) is 17.7 Å². The molecule has 8 heteroatoms. The first-order valence-electron chi connectivity index (χ1n) is 9.57. The molecule has 2 heterocycles. The fourth-order valence-corrected chi connectivity index (χ4v) is 3.71. The Morgan fingerprint density at radius 2 is 1.96 bits per heavy atom. The molecule has 4 amide bonds. The summed E-state index contributed by atoms with van der Waals surface area (Å²) in [7, 11) is 1.89. The number of imide groups is 2. The molecule has 0 radical (unpaired) electrons. The number of nitrogens with one attached hydrogen (secondary N) is 2. The number of carbonyl (C=O) groups is 4. The highest BCUT2D eigenvalue weighted by molar-refractivity contribution is 6.24. The van der Waals surface area contributed by atoms with Crippen molar-refractivity contribution in [1.82, 2.24) is 20.4 Å². The molecule has 0 saturated carbocycles. The molecule has 0 spiro atoms. The summed E-state index contributed by atoms with van der Waals surface area (Å²) in [5.41, 5.74) is 1.47. The van der Waals surface area contributed by atoms with E-state index in [1.54, 1.807) is 12.1 Å². The van der Waals surface area contributed by atoms with Crippen molar-refractivity contribution >= 4 is 23.6 Å². The normalized spacial score (nSPS) is 19.6. The molecule has 2 aliphatic rings. The van der Waals surface area contributed by atoms with E-state index < -0.39 is 23.8 Å². The Bertz CT molecular complexity index is 820. The molecule has 0 aliphatic carbocycles. The quantitative estimate of drug-likeness (QED) is 0.663. The molecule has 2 aliphatic heterocycles. The van der Waals surface area contributed by atoms with Crippen LogP contribution >= 0.6 is 0 Å². The lowest BCUT2D eigenvalue weighted by molar-refractivity contribution is -0.136. The Labute approximate surface area is 164 Å². The van der Waals surface area contributed by atoms with Crippen LogP contribution in [0, 0.1) is 0 Å². The SMILES string of the molecule is CNCCN(Cc1cccc2c1C(=O)N(C1CCC(=O)NC1=O)C2=O)C(C)C. The average molecular weight is 386 g/mol. The summed E-state index contributed by atoms with van der Waals surface area (Å²) < 4.78 is 0. The number of hydrogen-bond donors (Lipinski definition) is 2. The molecule has 1 aromatic carbocycles. The summed E-state index contributed by atoms with van der Waals surface area (Å²) in [5, 5.41) is 5.34. The van der Waals surface area contributed by atoms with Gasteiger partial charge < -0.3 is 5.32 Å². The number of amides is 4. The van der Waals surface area contributed by atoms with E-state index in [1.807, 2.05) is 13.1 Å². The van der Waals surface area contributed by atoms with Crippen molar-refractivity contribution in [3.8, 4) is 0 Å². The first-order valence-corrected chi connectivity index (χ1v) is 9.57. The van der Waals surface area contributed by atoms with E-state index in [0.717, 1.165) is 23.6 Å². The number of fused-ring (bicyclic) bond motifs is 1. The highest BCUT2D eigenvalue weighted by Gasteiger charge is 2.45. The van der Waals surface area contributed by atoms with Crippen LogP contribution in [0.5, 0.6) is 0 Å². The minimum absolute atomic E-state index is 0.113. The topological polar surface area (TPSA) is 98.8 Å². The van der Waals surface area contributed by atoms with Crippen LogP contribution in [0.4, 0.5) is 0 Å². The second kappa shape index (κ2) is 8.20. The minimum Gasteiger partial charge on any atom is -0.318 e. The van der Waals surface area contributed by atoms with Crippen molar-refractivity contribution < 1.29 is 19.2 Å². The van der Waals surface area contributed by atoms with Gasteiger partial charge in [-0.2, -0.15) is 0 Å². The Hall–Kier alpha value is -2.58. The fourth-order valence-electron chi connectivity index (χ4n) is 3.71. The first-order chi connectivity index (χ1) is 13.3. The van der Waals surface area contributed by atoms with E-state index in [1.165, 1.54) is 0 Å². The minimum atomic E-state index is -0.941. The van der Waals surface area contributed by atoms with Crippen molar-refractivity contribution in [2.45, 2.75) is 45.3 Å². The zero-order chi connectivity index (χ0) is 20.4. The predicted molar refractivity (Wildman–Crippen MR) is 103 cm³/mol. The van der Waals surface area contributed by atoms with Gasteiger partial charge in [-0.1, -0.05) is 12.1 Å². The summed E-state index contributed by atoms with van der Waals surface area (Å²) in [6, 6.07) is 4.57. The van der Waals surface area contributed by atoms with E-state index in [4.69, 9.17) is 0 Å². The second-order valence-corrected chi connectivity index (χ2v) is 7.45. The van der Waals surface area contributed by atoms with Gasteiger partial charge in [0.05, 0.1) is 11.1 Å². The standard InChI is InChI=1S/C20H26N4O4/c1-12(2)23(10-9-21-3)11-13-5-4-6-14-17(13)20(28)24(19(14)27)15-7-8-16(25)22-18(15)26/h4-6,12,15,21H,7-11H2,1-3H3,(H,22,25,26). The van der Waals surface area contributed by atoms with Crippen LogP contribution in [0.1, 0.15) is 53.0 Å². The molecule has 1 unspecified atom stereocenters. The van der Waals surface area contributed by atoms with Gasteiger partial charge in [0.15, 0.2) is 0 Å². The fraction of sp³-hybridized carbons (Fsp3) is 0.500. The summed E-state index contributed by atoms with van der Waals surface area (Å²) in [4.78, 5) is 52.9. The average Bonchev–Trinajstić information content (AvgIpc) is 2.90. The van der Waals surface area contributed by atoms with Crippen molar-refractivity contribution in [1.29, 1.82) is 0 Å². The van der Waals surface area contributed by atoms with Crippen molar-refractivity contribution in [3.63, 3.8) is 0 Å². The second-order valence-electron chi connectivity index (χ2n) is 7.45. The molecule has 28 heavy (non-hydrogen) atoms. The molecule has 1 saturated heterocycles. The van der Waals surface area contributed by atoms with Gasteiger partial charge in [0.1, 0.15) is 6.04 Å². The molecule has 0 bridgehead atoms. The zero-order valence-electron chi connectivity index (χ0n) is 16.4. The number of nitrogens with zero attached hydrogens (tertiary/aromatic N) is 2. The van der Waals surface area contributed by atoms with Gasteiger partial charge in [-0.15, -0.1) is 0 Å². The van der Waals surface area contributed by atoms with Gasteiger partial charge in [0.2, 0.25) is 11.8 Å². The molecular weight excluding hydrogens is 360 g/mol. The zero-order valence-corrected chi connectivity index (χ0v) is 16.4. The van der Waals surface area contributed by atoms with Gasteiger partial charge in [0.25, 0.3) is 11.8 Å². The lowest BCUT2D eigenvalue weighted by Crippen LogP contribution is -2.54. The molecule has 3 rings (SSSR count). The van der Waals surface area contributed by atoms with Gasteiger partial charge in [-0.3, -0.25) is 34.3 Å². The molecule has 150 valence electrons. The molecule has 1 fully saturated rings. The Balaban J connectivity index is 1.89. The monoisotopic (exact) mass is 386 g/mol. The summed E-state index contributed by atoms with van der Waals surface area (Å²) >= 11 is 0. The summed E-state index contributed by atoms with van der Waals surface area (Å²) in [5.74, 6) is -1.90. The van der Waals surface area contributed by atoms with E-state index in [9.17, 15) is 19.2 Å². The third-order valence-electron chi connectivity index (χ3n) is 5.31. The maximum absolute atomic E-state index is 13.1. The number of piperidine rings is 1. The molecule has 0 aromatic heterocycles. The third kappa shape index (κ3) is 3.70. The largest absolute Gasteiger partial charge is 0.318 e. The first kappa shape index (κ1) is 20.2. The summed E-state index contributed by atoms with van der Waals surface area (Å²) in [6.07, 6.45) is 0.271. The molecule has 1 aromatic rings. The molecule has 8 nitrogen and oxygen atoms in total. The van der Waals surface area contributed by atoms with Crippen LogP contribution < -0.4 is 10.6 Å². The Morgan fingerprint density at radius 1 is 1.21 bits per heavy atom. The number of likely N-dealkylation sites (N-methyl/N-ethyl adjacent to an activating group) is 1. The van der Waals surface area contributed by atoms with Crippen LogP contribution in [0.25, 0.3) is 0 Å². The number of carbonyl (C=O) groups excluding carboxylic acids is 4. The Kier molecular flexibility index (Phi) is 5.90. The number of rotatable bonds is 7. The summed E-state index contributed by atoms with van der Waals surface area (Å²) in [6.45, 7) is 6.31. The molecule has 2 N–H and O–H groups in total. The maximum Gasteiger partial charge on any atom is 0.262 e. The Morgan fingerprint density at radius 3 is 2.61 bits per heavy atom. The van der Waals surface area contributed by atoms with Crippen LogP contribution in [-0.4, -0.2) is 65.6 Å². The third-order valence-corrected chi connectivity index (χ3v) is 5.31. The van der Waals surface area contributed by atoms with Crippen molar-refractivity contribution in [3.05, 3.63) is 34.9 Å². The highest BCUT2D eigenvalue weighted by atomic mass is 16.2. The predicted octanol–water partition coefficient (Wildman–Crippen LogP) is 0.518. The van der Waals surface area contributed by atoms with E-state index in [2.05, 4.69) is 29.4 Å². The van der Waals surface area contributed by atoms with Gasteiger partial charge in [0, 0.05) is 32.1 Å². The van der Waals surface area contributed by atoms with E-state index >= 15 is 0 Å². The van der Waals surface area contributed by atoms with Crippen molar-refractivity contribution in [2.24, 2.45) is 0 Å². The smallest absolute Gasteiger partial charge is 0.262 e. The van der Waals surface area contributed by atoms with Crippen LogP contribution in [0.3, 0.4) is 0 Å². The van der Waals surface area contributed by atoms with Crippen LogP contribution in [-0.2, 0) is 16.1 Å². The lowest BCUT2D eigenvalue weighted by Gasteiger charge is -2.28. The lowest BCUT2D eigenvalue weighted by atomic mass is 10.0. The van der Waals surface area contributed by atoms with Crippen molar-refractivity contribution in [2.75, 3.05) is 20.1 Å². The highest BCUT2D eigenvalue weighted by Crippen LogP contribution is 2.30. The number of hydrogen-bond acceptors (Lipinski definition) is 6. The van der Waals surface area contributed by atoms with Gasteiger partial charge in [-0.05, 0) is 38.9 Å². The van der Waals surface area contributed by atoms with Gasteiger partial charge >= 0.3 is 0 Å². The molecular formula is C20H26N4O4. The van der Waals surface area contributed by atoms with E-state index in [-0.39, 0.29) is 24.8 Å². The maximum atomic E-state index is 13.1. The van der Waals surface area contributed by atoms with Crippen LogP contribution in [0.15, 0.2) is 18.2 Å². The number of benzene rings is 1. The van der Waals surface area contributed by atoms with Crippen LogP contribution in [0.2, 0.25) is 0 Å². The molecule has 1 atom stereocenters.